The number of hydrogen-bond acceptors (Lipinski definition) is 3. The minimum atomic E-state index is -0.421. The molecular formula is C26H27NO3. The van der Waals surface area contributed by atoms with Crippen molar-refractivity contribution in [3.8, 4) is 11.5 Å². The Balaban J connectivity index is 1.67. The summed E-state index contributed by atoms with van der Waals surface area (Å²) in [6, 6.07) is 20.0. The van der Waals surface area contributed by atoms with Crippen LogP contribution in [0.5, 0.6) is 11.5 Å². The molecule has 30 heavy (non-hydrogen) atoms. The van der Waals surface area contributed by atoms with Gasteiger partial charge in [0.2, 0.25) is 0 Å². The second-order valence-electron chi connectivity index (χ2n) is 8.45. The van der Waals surface area contributed by atoms with E-state index in [1.54, 1.807) is 48.5 Å². The van der Waals surface area contributed by atoms with Gasteiger partial charge in [0.15, 0.2) is 5.78 Å². The first-order valence-electron chi connectivity index (χ1n) is 9.95. The molecule has 0 aliphatic carbocycles. The quantitative estimate of drug-likeness (QED) is 0.492. The second-order valence-corrected chi connectivity index (χ2v) is 8.45. The fraction of sp³-hybridized carbons (Fsp3) is 0.231. The Morgan fingerprint density at radius 2 is 1.20 bits per heavy atom. The highest BCUT2D eigenvalue weighted by molar-refractivity contribution is 6.05. The van der Waals surface area contributed by atoms with Gasteiger partial charge in [-0.15, -0.1) is 0 Å². The van der Waals surface area contributed by atoms with Gasteiger partial charge in [-0.2, -0.15) is 0 Å². The SMILES string of the molecule is Cc1cccc(C)c1NC(=O)c1ccc(Oc2ccc(C(=O)C(C)(C)C)cc2)cc1. The third-order valence-corrected chi connectivity index (χ3v) is 4.87. The molecule has 0 saturated carbocycles. The molecule has 4 heteroatoms. The Labute approximate surface area is 177 Å². The number of carbonyl (C=O) groups is 2. The van der Waals surface area contributed by atoms with Crippen LogP contribution in [0.3, 0.4) is 0 Å². The van der Waals surface area contributed by atoms with Crippen LogP contribution in [0.4, 0.5) is 5.69 Å². The molecule has 0 aromatic heterocycles. The molecule has 0 bridgehead atoms. The van der Waals surface area contributed by atoms with Crippen LogP contribution in [0, 0.1) is 19.3 Å². The lowest BCUT2D eigenvalue weighted by Crippen LogP contribution is -2.19. The standard InChI is InChI=1S/C26H27NO3/c1-17-7-6-8-18(2)23(17)27-25(29)20-11-15-22(16-12-20)30-21-13-9-19(10-14-21)24(28)26(3,4)5/h6-16H,1-5H3,(H,27,29). The van der Waals surface area contributed by atoms with Gasteiger partial charge < -0.3 is 10.1 Å². The number of para-hydroxylation sites is 1. The first-order chi connectivity index (χ1) is 14.1. The van der Waals surface area contributed by atoms with Gasteiger partial charge in [0.05, 0.1) is 0 Å². The first-order valence-corrected chi connectivity index (χ1v) is 9.95. The van der Waals surface area contributed by atoms with Gasteiger partial charge in [-0.05, 0) is 73.5 Å². The summed E-state index contributed by atoms with van der Waals surface area (Å²) in [5.41, 5.74) is 3.68. The summed E-state index contributed by atoms with van der Waals surface area (Å²) in [5, 5.41) is 2.98. The summed E-state index contributed by atoms with van der Waals surface area (Å²) in [6.07, 6.45) is 0. The molecule has 0 unspecified atom stereocenters. The number of anilines is 1. The van der Waals surface area contributed by atoms with E-state index in [9.17, 15) is 9.59 Å². The summed E-state index contributed by atoms with van der Waals surface area (Å²) in [6.45, 7) is 9.65. The van der Waals surface area contributed by atoms with Gasteiger partial charge in [0.25, 0.3) is 5.91 Å². The van der Waals surface area contributed by atoms with Gasteiger partial charge in [0, 0.05) is 22.2 Å². The van der Waals surface area contributed by atoms with E-state index in [0.29, 0.717) is 22.6 Å². The molecule has 0 aliphatic heterocycles. The number of aryl methyl sites for hydroxylation is 2. The van der Waals surface area contributed by atoms with Gasteiger partial charge in [-0.3, -0.25) is 9.59 Å². The number of nitrogens with one attached hydrogen (secondary N) is 1. The van der Waals surface area contributed by atoms with Crippen molar-refractivity contribution in [3.63, 3.8) is 0 Å². The normalized spacial score (nSPS) is 11.1. The Hall–Kier alpha value is -3.40. The number of Topliss-reactive ketones (excluding diaryl/α,β-unsaturated/α-hetero) is 1. The molecule has 0 aliphatic rings. The molecule has 0 spiro atoms. The van der Waals surface area contributed by atoms with Crippen LogP contribution in [0.25, 0.3) is 0 Å². The van der Waals surface area contributed by atoms with Crippen LogP contribution < -0.4 is 10.1 Å². The molecule has 1 amide bonds. The third kappa shape index (κ3) is 4.95. The number of rotatable bonds is 5. The minimum absolute atomic E-state index is 0.0910. The Bertz CT molecular complexity index is 1040. The van der Waals surface area contributed by atoms with E-state index in [1.807, 2.05) is 52.8 Å². The highest BCUT2D eigenvalue weighted by Crippen LogP contribution is 2.26. The molecule has 4 nitrogen and oxygen atoms in total. The van der Waals surface area contributed by atoms with Gasteiger partial charge in [0.1, 0.15) is 11.5 Å². The lowest BCUT2D eigenvalue weighted by Gasteiger charge is -2.16. The summed E-state index contributed by atoms with van der Waals surface area (Å²) in [5.74, 6) is 1.18. The second kappa shape index (κ2) is 8.54. The molecule has 0 saturated heterocycles. The molecule has 3 aromatic carbocycles. The van der Waals surface area contributed by atoms with E-state index >= 15 is 0 Å². The molecular weight excluding hydrogens is 374 g/mol. The number of carbonyl (C=O) groups excluding carboxylic acids is 2. The average molecular weight is 402 g/mol. The number of ketones is 1. The smallest absolute Gasteiger partial charge is 0.255 e. The fourth-order valence-electron chi connectivity index (χ4n) is 3.12. The molecule has 3 rings (SSSR count). The molecule has 154 valence electrons. The summed E-state index contributed by atoms with van der Waals surface area (Å²) < 4.78 is 5.85. The van der Waals surface area contributed by atoms with Crippen molar-refractivity contribution in [1.82, 2.24) is 0 Å². The molecule has 3 aromatic rings. The summed E-state index contributed by atoms with van der Waals surface area (Å²) in [4.78, 5) is 24.9. The Morgan fingerprint density at radius 3 is 1.67 bits per heavy atom. The lowest BCUT2D eigenvalue weighted by molar-refractivity contribution is 0.0858. The van der Waals surface area contributed by atoms with E-state index in [1.165, 1.54) is 0 Å². The van der Waals surface area contributed by atoms with E-state index in [-0.39, 0.29) is 11.7 Å². The van der Waals surface area contributed by atoms with Crippen molar-refractivity contribution >= 4 is 17.4 Å². The van der Waals surface area contributed by atoms with Gasteiger partial charge >= 0.3 is 0 Å². The summed E-state index contributed by atoms with van der Waals surface area (Å²) >= 11 is 0. The van der Waals surface area contributed by atoms with Crippen LogP contribution >= 0.6 is 0 Å². The number of hydrogen-bond donors (Lipinski definition) is 1. The van der Waals surface area contributed by atoms with E-state index in [0.717, 1.165) is 16.8 Å². The maximum absolute atomic E-state index is 12.6. The van der Waals surface area contributed by atoms with Crippen molar-refractivity contribution < 1.29 is 14.3 Å². The molecule has 0 fully saturated rings. The van der Waals surface area contributed by atoms with Crippen LogP contribution in [0.15, 0.2) is 66.7 Å². The van der Waals surface area contributed by atoms with Crippen LogP contribution in [-0.2, 0) is 0 Å². The topological polar surface area (TPSA) is 55.4 Å². The average Bonchev–Trinajstić information content (AvgIpc) is 2.70. The van der Waals surface area contributed by atoms with E-state index < -0.39 is 5.41 Å². The van der Waals surface area contributed by atoms with Crippen LogP contribution in [0.1, 0.15) is 52.6 Å². The maximum Gasteiger partial charge on any atom is 0.255 e. The van der Waals surface area contributed by atoms with Crippen LogP contribution in [0.2, 0.25) is 0 Å². The Morgan fingerprint density at radius 1 is 0.733 bits per heavy atom. The van der Waals surface area contributed by atoms with Crippen molar-refractivity contribution in [1.29, 1.82) is 0 Å². The zero-order valence-corrected chi connectivity index (χ0v) is 18.1. The van der Waals surface area contributed by atoms with Crippen molar-refractivity contribution in [2.75, 3.05) is 5.32 Å². The minimum Gasteiger partial charge on any atom is -0.457 e. The number of amides is 1. The number of ether oxygens (including phenoxy) is 1. The lowest BCUT2D eigenvalue weighted by atomic mass is 9.86. The predicted molar refractivity (Wildman–Crippen MR) is 121 cm³/mol. The van der Waals surface area contributed by atoms with Gasteiger partial charge in [-0.25, -0.2) is 0 Å². The van der Waals surface area contributed by atoms with Crippen molar-refractivity contribution in [3.05, 3.63) is 89.0 Å². The molecule has 1 N–H and O–H groups in total. The largest absolute Gasteiger partial charge is 0.457 e. The van der Waals surface area contributed by atoms with Crippen molar-refractivity contribution in [2.45, 2.75) is 34.6 Å². The summed E-state index contributed by atoms with van der Waals surface area (Å²) in [7, 11) is 0. The van der Waals surface area contributed by atoms with Crippen molar-refractivity contribution in [2.24, 2.45) is 5.41 Å². The van der Waals surface area contributed by atoms with Crippen LogP contribution in [-0.4, -0.2) is 11.7 Å². The zero-order valence-electron chi connectivity index (χ0n) is 18.1. The molecule has 0 radical (unpaired) electrons. The number of benzene rings is 3. The van der Waals surface area contributed by atoms with E-state index in [4.69, 9.17) is 4.74 Å². The third-order valence-electron chi connectivity index (χ3n) is 4.87. The van der Waals surface area contributed by atoms with Gasteiger partial charge in [-0.1, -0.05) is 39.0 Å². The molecule has 0 heterocycles. The first kappa shape index (κ1) is 21.3. The molecule has 0 atom stereocenters. The Kier molecular flexibility index (Phi) is 6.06. The predicted octanol–water partition coefficient (Wildman–Crippen LogP) is 6.58. The highest BCUT2D eigenvalue weighted by Gasteiger charge is 2.22. The monoisotopic (exact) mass is 401 g/mol. The highest BCUT2D eigenvalue weighted by atomic mass is 16.5. The van der Waals surface area contributed by atoms with E-state index in [2.05, 4.69) is 5.32 Å². The zero-order chi connectivity index (χ0) is 21.9. The maximum atomic E-state index is 12.6. The fourth-order valence-corrected chi connectivity index (χ4v) is 3.12.